The van der Waals surface area contributed by atoms with Gasteiger partial charge < -0.3 is 4.90 Å². The molecule has 1 heteroatoms. The molecule has 10 rings (SSSR count). The molecule has 9 aromatic carbocycles. The zero-order valence-electron chi connectivity index (χ0n) is 28.7. The SMILES string of the molecule is c1ccc(C2(c3ccccc3)c3ccccc3-c3c(-c4ccc(N(c5ccc6ccccc6c5)c5cccc6ccccc56)cc4)cccc32)cc1. The topological polar surface area (TPSA) is 3.24 Å². The first-order valence-electron chi connectivity index (χ1n) is 18.0. The normalized spacial score (nSPS) is 12.8. The predicted molar refractivity (Wildman–Crippen MR) is 219 cm³/mol. The van der Waals surface area contributed by atoms with Gasteiger partial charge in [-0.05, 0) is 91.0 Å². The predicted octanol–water partition coefficient (Wildman–Crippen LogP) is 13.5. The summed E-state index contributed by atoms with van der Waals surface area (Å²) in [5, 5.41) is 4.90. The summed E-state index contributed by atoms with van der Waals surface area (Å²) in [7, 11) is 0. The first kappa shape index (κ1) is 30.2. The summed E-state index contributed by atoms with van der Waals surface area (Å²) in [5.41, 5.74) is 13.2. The van der Waals surface area contributed by atoms with E-state index in [1.165, 1.54) is 66.1 Å². The summed E-state index contributed by atoms with van der Waals surface area (Å²) >= 11 is 0. The van der Waals surface area contributed by atoms with Crippen molar-refractivity contribution in [2.75, 3.05) is 4.90 Å². The van der Waals surface area contributed by atoms with E-state index in [9.17, 15) is 0 Å². The van der Waals surface area contributed by atoms with Crippen molar-refractivity contribution in [3.05, 3.63) is 235 Å². The fourth-order valence-electron chi connectivity index (χ4n) is 8.67. The summed E-state index contributed by atoms with van der Waals surface area (Å²) in [5.74, 6) is 0. The molecule has 0 atom stereocenters. The number of hydrogen-bond acceptors (Lipinski definition) is 1. The fraction of sp³-hybridized carbons (Fsp3) is 0.0196. The van der Waals surface area contributed by atoms with Gasteiger partial charge in [-0.15, -0.1) is 0 Å². The molecule has 0 saturated carbocycles. The molecule has 0 bridgehead atoms. The van der Waals surface area contributed by atoms with Crippen LogP contribution in [0, 0.1) is 0 Å². The molecule has 1 aliphatic carbocycles. The molecular formula is C51H35N. The molecule has 0 heterocycles. The lowest BCUT2D eigenvalue weighted by Gasteiger charge is -2.34. The van der Waals surface area contributed by atoms with Crippen LogP contribution in [-0.4, -0.2) is 0 Å². The number of hydrogen-bond donors (Lipinski definition) is 0. The second kappa shape index (κ2) is 12.3. The Kier molecular flexibility index (Phi) is 7.11. The summed E-state index contributed by atoms with van der Waals surface area (Å²) < 4.78 is 0. The van der Waals surface area contributed by atoms with Crippen LogP contribution in [0.15, 0.2) is 212 Å². The average Bonchev–Trinajstić information content (AvgIpc) is 3.53. The van der Waals surface area contributed by atoms with Crippen LogP contribution in [0.25, 0.3) is 43.8 Å². The molecule has 244 valence electrons. The summed E-state index contributed by atoms with van der Waals surface area (Å²) in [6.07, 6.45) is 0. The largest absolute Gasteiger partial charge is 0.310 e. The zero-order valence-corrected chi connectivity index (χ0v) is 28.7. The minimum Gasteiger partial charge on any atom is -0.310 e. The maximum absolute atomic E-state index is 2.40. The second-order valence-electron chi connectivity index (χ2n) is 13.7. The van der Waals surface area contributed by atoms with Crippen LogP contribution >= 0.6 is 0 Å². The second-order valence-corrected chi connectivity index (χ2v) is 13.7. The lowest BCUT2D eigenvalue weighted by molar-refractivity contribution is 0.768. The lowest BCUT2D eigenvalue weighted by Crippen LogP contribution is -2.28. The Balaban J connectivity index is 1.16. The molecule has 0 radical (unpaired) electrons. The molecular weight excluding hydrogens is 627 g/mol. The highest BCUT2D eigenvalue weighted by Gasteiger charge is 2.46. The van der Waals surface area contributed by atoms with Gasteiger partial charge in [0.1, 0.15) is 0 Å². The van der Waals surface area contributed by atoms with Crippen molar-refractivity contribution < 1.29 is 0 Å². The number of anilines is 3. The standard InChI is InChI=1S/C51H35N/c1-3-19-40(20-4-1)51(41-21-5-2-6-22-41)47-26-12-11-24-46(47)50-45(25-14-27-48(50)51)38-30-32-42(33-31-38)52(43-34-29-36-15-7-8-17-39(36)35-43)49-28-13-18-37-16-9-10-23-44(37)49/h1-35H. The molecule has 0 amide bonds. The Morgan fingerprint density at radius 1 is 0.346 bits per heavy atom. The zero-order chi connectivity index (χ0) is 34.5. The van der Waals surface area contributed by atoms with Crippen LogP contribution in [0.5, 0.6) is 0 Å². The minimum absolute atomic E-state index is 0.425. The smallest absolute Gasteiger partial charge is 0.0713 e. The summed E-state index contributed by atoms with van der Waals surface area (Å²) in [6, 6.07) is 77.7. The Hall–Kier alpha value is -6.70. The monoisotopic (exact) mass is 661 g/mol. The number of nitrogens with zero attached hydrogens (tertiary/aromatic N) is 1. The lowest BCUT2D eigenvalue weighted by atomic mass is 9.67. The van der Waals surface area contributed by atoms with Gasteiger partial charge in [0.25, 0.3) is 0 Å². The van der Waals surface area contributed by atoms with E-state index in [4.69, 9.17) is 0 Å². The molecule has 0 N–H and O–H groups in total. The van der Waals surface area contributed by atoms with E-state index in [2.05, 4.69) is 217 Å². The van der Waals surface area contributed by atoms with E-state index in [0.717, 1.165) is 17.1 Å². The van der Waals surface area contributed by atoms with Crippen molar-refractivity contribution in [3.8, 4) is 22.3 Å². The average molecular weight is 662 g/mol. The van der Waals surface area contributed by atoms with Crippen molar-refractivity contribution in [1.82, 2.24) is 0 Å². The van der Waals surface area contributed by atoms with Crippen LogP contribution < -0.4 is 4.90 Å². The van der Waals surface area contributed by atoms with Crippen LogP contribution in [-0.2, 0) is 5.41 Å². The quantitative estimate of drug-likeness (QED) is 0.171. The van der Waals surface area contributed by atoms with E-state index in [0.29, 0.717) is 0 Å². The molecule has 0 aromatic heterocycles. The molecule has 0 fully saturated rings. The van der Waals surface area contributed by atoms with Gasteiger partial charge in [-0.2, -0.15) is 0 Å². The van der Waals surface area contributed by atoms with Crippen LogP contribution in [0.4, 0.5) is 17.1 Å². The maximum Gasteiger partial charge on any atom is 0.0713 e. The van der Waals surface area contributed by atoms with Crippen molar-refractivity contribution in [2.45, 2.75) is 5.41 Å². The molecule has 9 aromatic rings. The Labute approximate surface area is 304 Å². The summed E-state index contributed by atoms with van der Waals surface area (Å²) in [4.78, 5) is 2.40. The third-order valence-corrected chi connectivity index (χ3v) is 10.9. The molecule has 0 unspecified atom stereocenters. The van der Waals surface area contributed by atoms with Crippen LogP contribution in [0.1, 0.15) is 22.3 Å². The molecule has 1 aliphatic rings. The van der Waals surface area contributed by atoms with Gasteiger partial charge in [-0.1, -0.05) is 182 Å². The summed E-state index contributed by atoms with van der Waals surface area (Å²) in [6.45, 7) is 0. The highest BCUT2D eigenvalue weighted by atomic mass is 15.1. The van der Waals surface area contributed by atoms with E-state index in [1.54, 1.807) is 0 Å². The van der Waals surface area contributed by atoms with E-state index >= 15 is 0 Å². The van der Waals surface area contributed by atoms with Crippen LogP contribution in [0.2, 0.25) is 0 Å². The fourth-order valence-corrected chi connectivity index (χ4v) is 8.67. The Morgan fingerprint density at radius 2 is 0.904 bits per heavy atom. The molecule has 0 spiro atoms. The first-order chi connectivity index (χ1) is 25.8. The van der Waals surface area contributed by atoms with E-state index in [1.807, 2.05) is 0 Å². The van der Waals surface area contributed by atoms with Gasteiger partial charge in [-0.3, -0.25) is 0 Å². The molecule has 1 nitrogen and oxygen atoms in total. The maximum atomic E-state index is 2.40. The highest BCUT2D eigenvalue weighted by molar-refractivity contribution is 6.01. The molecule has 52 heavy (non-hydrogen) atoms. The van der Waals surface area contributed by atoms with Crippen LogP contribution in [0.3, 0.4) is 0 Å². The third-order valence-electron chi connectivity index (χ3n) is 10.9. The first-order valence-corrected chi connectivity index (χ1v) is 18.0. The van der Waals surface area contributed by atoms with E-state index < -0.39 is 5.41 Å². The van der Waals surface area contributed by atoms with Crippen molar-refractivity contribution in [2.24, 2.45) is 0 Å². The van der Waals surface area contributed by atoms with Gasteiger partial charge in [0.05, 0.1) is 11.1 Å². The van der Waals surface area contributed by atoms with Crippen molar-refractivity contribution >= 4 is 38.6 Å². The van der Waals surface area contributed by atoms with Crippen molar-refractivity contribution in [3.63, 3.8) is 0 Å². The third kappa shape index (κ3) is 4.63. The molecule has 0 aliphatic heterocycles. The Bertz CT molecular complexity index is 2680. The van der Waals surface area contributed by atoms with Gasteiger partial charge in [0, 0.05) is 16.8 Å². The van der Waals surface area contributed by atoms with Gasteiger partial charge in [0.2, 0.25) is 0 Å². The van der Waals surface area contributed by atoms with E-state index in [-0.39, 0.29) is 0 Å². The van der Waals surface area contributed by atoms with Gasteiger partial charge in [-0.25, -0.2) is 0 Å². The number of rotatable bonds is 6. The number of benzene rings is 9. The van der Waals surface area contributed by atoms with Gasteiger partial charge in [0.15, 0.2) is 0 Å². The molecule has 0 saturated heterocycles. The number of fused-ring (bicyclic) bond motifs is 5. The highest BCUT2D eigenvalue weighted by Crippen LogP contribution is 2.58. The minimum atomic E-state index is -0.425. The van der Waals surface area contributed by atoms with Crippen molar-refractivity contribution in [1.29, 1.82) is 0 Å². The van der Waals surface area contributed by atoms with Gasteiger partial charge >= 0.3 is 0 Å². The Morgan fingerprint density at radius 3 is 1.67 bits per heavy atom.